The zero-order valence-electron chi connectivity index (χ0n) is 8.30. The molecule has 0 aliphatic carbocycles. The Morgan fingerprint density at radius 1 is 1.40 bits per heavy atom. The van der Waals surface area contributed by atoms with E-state index < -0.39 is 0 Å². The molecule has 0 amide bonds. The number of nitrogens with one attached hydrogen (secondary N) is 1. The van der Waals surface area contributed by atoms with E-state index in [-0.39, 0.29) is 0 Å². The van der Waals surface area contributed by atoms with Gasteiger partial charge in [0.05, 0.1) is 0 Å². The van der Waals surface area contributed by atoms with Gasteiger partial charge < -0.3 is 5.32 Å². The Balaban J connectivity index is 2.20. The molecule has 3 nitrogen and oxygen atoms in total. The minimum atomic E-state index is 0.835. The second-order valence-corrected chi connectivity index (χ2v) is 5.03. The Hall–Kier alpha value is -0.910. The van der Waals surface area contributed by atoms with Gasteiger partial charge in [0.2, 0.25) is 0 Å². The number of thiazole rings is 1. The van der Waals surface area contributed by atoms with Crippen molar-refractivity contribution < 1.29 is 0 Å². The second-order valence-electron chi connectivity index (χ2n) is 2.90. The van der Waals surface area contributed by atoms with Crippen molar-refractivity contribution in [3.8, 4) is 0 Å². The summed E-state index contributed by atoms with van der Waals surface area (Å²) in [5.41, 5.74) is 1.21. The van der Waals surface area contributed by atoms with E-state index in [0.717, 1.165) is 15.9 Å². The Morgan fingerprint density at radius 3 is 3.07 bits per heavy atom. The molecule has 15 heavy (non-hydrogen) atoms. The lowest BCUT2D eigenvalue weighted by Crippen LogP contribution is -2.06. The summed E-state index contributed by atoms with van der Waals surface area (Å²) < 4.78 is 1.03. The first kappa shape index (κ1) is 10.6. The van der Waals surface area contributed by atoms with E-state index in [1.807, 2.05) is 30.9 Å². The van der Waals surface area contributed by atoms with Gasteiger partial charge in [-0.1, -0.05) is 6.07 Å². The molecule has 0 fully saturated rings. The van der Waals surface area contributed by atoms with Crippen LogP contribution >= 0.6 is 23.1 Å². The van der Waals surface area contributed by atoms with E-state index in [2.05, 4.69) is 21.4 Å². The summed E-state index contributed by atoms with van der Waals surface area (Å²) in [6.45, 7) is 0.835. The Morgan fingerprint density at radius 2 is 2.33 bits per heavy atom. The number of hydrogen-bond donors (Lipinski definition) is 1. The highest BCUT2D eigenvalue weighted by molar-refractivity contribution is 8.01. The van der Waals surface area contributed by atoms with Crippen molar-refractivity contribution in [2.24, 2.45) is 0 Å². The summed E-state index contributed by atoms with van der Waals surface area (Å²) in [4.78, 5) is 8.60. The topological polar surface area (TPSA) is 37.8 Å². The van der Waals surface area contributed by atoms with Gasteiger partial charge in [-0.15, -0.1) is 11.3 Å². The van der Waals surface area contributed by atoms with Crippen LogP contribution in [-0.2, 0) is 6.54 Å². The Labute approximate surface area is 97.0 Å². The number of pyridine rings is 1. The monoisotopic (exact) mass is 237 g/mol. The molecule has 0 saturated carbocycles. The van der Waals surface area contributed by atoms with Crippen LogP contribution < -0.4 is 5.32 Å². The molecule has 5 heteroatoms. The molecule has 78 valence electrons. The summed E-state index contributed by atoms with van der Waals surface area (Å²) in [7, 11) is 1.94. The largest absolute Gasteiger partial charge is 0.316 e. The second kappa shape index (κ2) is 5.25. The fourth-order valence-corrected chi connectivity index (χ4v) is 2.80. The van der Waals surface area contributed by atoms with Crippen LogP contribution in [0.15, 0.2) is 39.3 Å². The fourth-order valence-electron chi connectivity index (χ4n) is 1.18. The summed E-state index contributed by atoms with van der Waals surface area (Å²) >= 11 is 3.25. The lowest BCUT2D eigenvalue weighted by molar-refractivity contribution is 0.789. The summed E-state index contributed by atoms with van der Waals surface area (Å²) in [6.07, 6.45) is 3.63. The Bertz CT molecular complexity index is 414. The third kappa shape index (κ3) is 2.77. The molecule has 2 aromatic heterocycles. The van der Waals surface area contributed by atoms with Crippen molar-refractivity contribution in [1.82, 2.24) is 15.3 Å². The van der Waals surface area contributed by atoms with E-state index in [1.54, 1.807) is 23.1 Å². The van der Waals surface area contributed by atoms with Crippen LogP contribution in [0.3, 0.4) is 0 Å². The lowest BCUT2D eigenvalue weighted by atomic mass is 10.3. The van der Waals surface area contributed by atoms with Crippen molar-refractivity contribution in [2.45, 2.75) is 15.9 Å². The van der Waals surface area contributed by atoms with Crippen molar-refractivity contribution in [3.63, 3.8) is 0 Å². The third-order valence-corrected chi connectivity index (χ3v) is 3.76. The van der Waals surface area contributed by atoms with Crippen LogP contribution in [0, 0.1) is 0 Å². The van der Waals surface area contributed by atoms with Crippen molar-refractivity contribution in [1.29, 1.82) is 0 Å². The van der Waals surface area contributed by atoms with Gasteiger partial charge >= 0.3 is 0 Å². The van der Waals surface area contributed by atoms with Crippen LogP contribution in [0.5, 0.6) is 0 Å². The summed E-state index contributed by atoms with van der Waals surface area (Å²) in [6, 6.07) is 4.04. The minimum absolute atomic E-state index is 0.835. The number of hydrogen-bond acceptors (Lipinski definition) is 5. The minimum Gasteiger partial charge on any atom is -0.316 e. The molecule has 2 heterocycles. The number of nitrogens with zero attached hydrogens (tertiary/aromatic N) is 2. The van der Waals surface area contributed by atoms with Gasteiger partial charge in [-0.25, -0.2) is 9.97 Å². The van der Waals surface area contributed by atoms with Gasteiger partial charge in [-0.3, -0.25) is 0 Å². The highest BCUT2D eigenvalue weighted by Gasteiger charge is 2.05. The van der Waals surface area contributed by atoms with Gasteiger partial charge in [0, 0.05) is 24.3 Å². The molecule has 0 aromatic carbocycles. The predicted octanol–water partition coefficient (Wildman–Crippen LogP) is 2.41. The van der Waals surface area contributed by atoms with Crippen LogP contribution in [0.25, 0.3) is 0 Å². The normalized spacial score (nSPS) is 10.5. The first-order chi connectivity index (χ1) is 7.40. The van der Waals surface area contributed by atoms with Crippen LogP contribution in [0.4, 0.5) is 0 Å². The van der Waals surface area contributed by atoms with Crippen LogP contribution in [0.1, 0.15) is 5.56 Å². The quantitative estimate of drug-likeness (QED) is 0.886. The smallest absolute Gasteiger partial charge is 0.156 e. The van der Waals surface area contributed by atoms with Gasteiger partial charge in [-0.05, 0) is 30.4 Å². The van der Waals surface area contributed by atoms with Crippen molar-refractivity contribution >= 4 is 23.1 Å². The molecule has 0 radical (unpaired) electrons. The third-order valence-electron chi connectivity index (χ3n) is 1.81. The molecule has 2 aromatic rings. The zero-order valence-corrected chi connectivity index (χ0v) is 9.94. The molecule has 0 saturated heterocycles. The maximum Gasteiger partial charge on any atom is 0.156 e. The molecule has 2 rings (SSSR count). The van der Waals surface area contributed by atoms with E-state index in [9.17, 15) is 0 Å². The average molecular weight is 237 g/mol. The molecule has 0 aliphatic rings. The van der Waals surface area contributed by atoms with Crippen LogP contribution in [0.2, 0.25) is 0 Å². The van der Waals surface area contributed by atoms with E-state index in [0.29, 0.717) is 0 Å². The van der Waals surface area contributed by atoms with Crippen LogP contribution in [-0.4, -0.2) is 17.0 Å². The zero-order chi connectivity index (χ0) is 10.5. The highest BCUT2D eigenvalue weighted by atomic mass is 32.2. The molecule has 0 aliphatic heterocycles. The van der Waals surface area contributed by atoms with Crippen molar-refractivity contribution in [2.75, 3.05) is 7.05 Å². The first-order valence-corrected chi connectivity index (χ1v) is 6.25. The van der Waals surface area contributed by atoms with Gasteiger partial charge in [-0.2, -0.15) is 0 Å². The number of rotatable bonds is 4. The van der Waals surface area contributed by atoms with Gasteiger partial charge in [0.1, 0.15) is 5.03 Å². The maximum absolute atomic E-state index is 4.36. The molecule has 0 spiro atoms. The SMILES string of the molecule is CNCc1cccnc1Sc1nccs1. The number of aromatic nitrogens is 2. The molecule has 1 N–H and O–H groups in total. The fraction of sp³-hybridized carbons (Fsp3) is 0.200. The predicted molar refractivity (Wildman–Crippen MR) is 63.2 cm³/mol. The molecular weight excluding hydrogens is 226 g/mol. The summed E-state index contributed by atoms with van der Waals surface area (Å²) in [5.74, 6) is 0. The highest BCUT2D eigenvalue weighted by Crippen LogP contribution is 2.29. The first-order valence-electron chi connectivity index (χ1n) is 4.56. The average Bonchev–Trinajstić information content (AvgIpc) is 2.74. The Kier molecular flexibility index (Phi) is 3.71. The molecular formula is C10H11N3S2. The lowest BCUT2D eigenvalue weighted by Gasteiger charge is -2.04. The van der Waals surface area contributed by atoms with Crippen molar-refractivity contribution in [3.05, 3.63) is 35.5 Å². The van der Waals surface area contributed by atoms with E-state index in [1.165, 1.54) is 5.56 Å². The standard InChI is InChI=1S/C10H11N3S2/c1-11-7-8-3-2-4-12-9(8)15-10-13-5-6-14-10/h2-6,11H,7H2,1H3. The molecule has 0 unspecified atom stereocenters. The molecule has 0 bridgehead atoms. The van der Waals surface area contributed by atoms with E-state index in [4.69, 9.17) is 0 Å². The molecule has 0 atom stereocenters. The maximum atomic E-state index is 4.36. The van der Waals surface area contributed by atoms with E-state index >= 15 is 0 Å². The van der Waals surface area contributed by atoms with Gasteiger partial charge in [0.15, 0.2) is 4.34 Å². The summed E-state index contributed by atoms with van der Waals surface area (Å²) in [5, 5.41) is 6.14. The van der Waals surface area contributed by atoms with Gasteiger partial charge in [0.25, 0.3) is 0 Å².